The monoisotopic (exact) mass is 219 g/mol. The summed E-state index contributed by atoms with van der Waals surface area (Å²) < 4.78 is 0. The van der Waals surface area contributed by atoms with Gasteiger partial charge < -0.3 is 4.90 Å². The van der Waals surface area contributed by atoms with Gasteiger partial charge in [-0.2, -0.15) is 0 Å². The molecule has 0 bridgehead atoms. The summed E-state index contributed by atoms with van der Waals surface area (Å²) in [5.41, 5.74) is 0. The highest BCUT2D eigenvalue weighted by Gasteiger charge is 2.27. The first-order valence-electron chi connectivity index (χ1n) is 3.94. The number of halogens is 1. The lowest BCUT2D eigenvalue weighted by atomic mass is 9.94. The normalized spacial score (nSPS) is 32.9. The average molecular weight is 220 g/mol. The number of ketones is 1. The number of hydrogen-bond acceptors (Lipinski definition) is 2. The van der Waals surface area contributed by atoms with Crippen molar-refractivity contribution in [1.29, 1.82) is 0 Å². The second-order valence-corrected chi connectivity index (χ2v) is 4.43. The van der Waals surface area contributed by atoms with Gasteiger partial charge in [-0.25, -0.2) is 0 Å². The van der Waals surface area contributed by atoms with Crippen LogP contribution in [0.2, 0.25) is 0 Å². The number of alkyl halides is 1. The second kappa shape index (κ2) is 3.68. The Labute approximate surface area is 76.1 Å². The maximum atomic E-state index is 11.1. The van der Waals surface area contributed by atoms with Gasteiger partial charge in [0, 0.05) is 12.5 Å². The van der Waals surface area contributed by atoms with E-state index < -0.39 is 0 Å². The molecule has 2 unspecified atom stereocenters. The maximum Gasteiger partial charge on any atom is 0.146 e. The van der Waals surface area contributed by atoms with Crippen LogP contribution in [0.15, 0.2) is 0 Å². The molecule has 0 radical (unpaired) electrons. The Bertz CT molecular complexity index is 158. The average Bonchev–Trinajstić information content (AvgIpc) is 1.94. The molecule has 1 saturated carbocycles. The van der Waals surface area contributed by atoms with E-state index in [0.717, 1.165) is 19.3 Å². The van der Waals surface area contributed by atoms with Gasteiger partial charge in [0.2, 0.25) is 0 Å². The van der Waals surface area contributed by atoms with Gasteiger partial charge in [-0.15, -0.1) is 0 Å². The molecule has 1 fully saturated rings. The molecule has 0 aliphatic heterocycles. The number of hydrogen-bond donors (Lipinski definition) is 0. The molecule has 0 saturated heterocycles. The van der Waals surface area contributed by atoms with Gasteiger partial charge in [0.05, 0.1) is 4.83 Å². The lowest BCUT2D eigenvalue weighted by molar-refractivity contribution is -0.120. The molecule has 3 heteroatoms. The van der Waals surface area contributed by atoms with Crippen LogP contribution < -0.4 is 0 Å². The summed E-state index contributed by atoms with van der Waals surface area (Å²) in [6.07, 6.45) is 2.72. The number of nitrogens with zero attached hydrogens (tertiary/aromatic N) is 1. The third-order valence-corrected chi connectivity index (χ3v) is 3.17. The topological polar surface area (TPSA) is 20.3 Å². The quantitative estimate of drug-likeness (QED) is 0.623. The summed E-state index contributed by atoms with van der Waals surface area (Å²) in [6, 6.07) is 0.581. The smallest absolute Gasteiger partial charge is 0.146 e. The highest BCUT2D eigenvalue weighted by Crippen LogP contribution is 2.23. The van der Waals surface area contributed by atoms with E-state index in [2.05, 4.69) is 34.9 Å². The van der Waals surface area contributed by atoms with E-state index in [1.807, 2.05) is 0 Å². The minimum absolute atomic E-state index is 0.101. The van der Waals surface area contributed by atoms with Crippen LogP contribution in [0.1, 0.15) is 19.3 Å². The van der Waals surface area contributed by atoms with Crippen LogP contribution in [0.25, 0.3) is 0 Å². The van der Waals surface area contributed by atoms with Crippen LogP contribution in [-0.4, -0.2) is 35.6 Å². The van der Waals surface area contributed by atoms with Gasteiger partial charge in [-0.1, -0.05) is 15.9 Å². The van der Waals surface area contributed by atoms with Crippen LogP contribution in [-0.2, 0) is 4.79 Å². The maximum absolute atomic E-state index is 11.1. The summed E-state index contributed by atoms with van der Waals surface area (Å²) in [5.74, 6) is 0.364. The highest BCUT2D eigenvalue weighted by molar-refractivity contribution is 9.10. The van der Waals surface area contributed by atoms with Crippen LogP contribution in [0, 0.1) is 0 Å². The van der Waals surface area contributed by atoms with E-state index in [1.54, 1.807) is 0 Å². The van der Waals surface area contributed by atoms with Crippen molar-refractivity contribution in [3.63, 3.8) is 0 Å². The van der Waals surface area contributed by atoms with Gasteiger partial charge >= 0.3 is 0 Å². The second-order valence-electron chi connectivity index (χ2n) is 3.33. The first-order valence-corrected chi connectivity index (χ1v) is 4.86. The first kappa shape index (κ1) is 9.20. The van der Waals surface area contributed by atoms with Gasteiger partial charge in [0.15, 0.2) is 0 Å². The third-order valence-electron chi connectivity index (χ3n) is 2.28. The van der Waals surface area contributed by atoms with Crippen LogP contribution >= 0.6 is 15.9 Å². The van der Waals surface area contributed by atoms with Crippen molar-refractivity contribution in [3.05, 3.63) is 0 Å². The van der Waals surface area contributed by atoms with Crippen molar-refractivity contribution >= 4 is 21.7 Å². The van der Waals surface area contributed by atoms with Crippen molar-refractivity contribution in [3.8, 4) is 0 Å². The molecule has 1 rings (SSSR count). The van der Waals surface area contributed by atoms with E-state index in [9.17, 15) is 4.79 Å². The number of carbonyl (C=O) groups is 1. The Balaban J connectivity index is 2.46. The highest BCUT2D eigenvalue weighted by atomic mass is 79.9. The predicted molar refractivity (Wildman–Crippen MR) is 49.0 cm³/mol. The first-order chi connectivity index (χ1) is 5.11. The van der Waals surface area contributed by atoms with E-state index in [0.29, 0.717) is 11.8 Å². The van der Waals surface area contributed by atoms with Crippen LogP contribution in [0.5, 0.6) is 0 Å². The molecule has 64 valence electrons. The lowest BCUT2D eigenvalue weighted by Gasteiger charge is -2.29. The van der Waals surface area contributed by atoms with Crippen molar-refractivity contribution in [2.45, 2.75) is 30.1 Å². The molecule has 11 heavy (non-hydrogen) atoms. The van der Waals surface area contributed by atoms with E-state index in [-0.39, 0.29) is 4.83 Å². The van der Waals surface area contributed by atoms with E-state index in [1.165, 1.54) is 0 Å². The standard InChI is InChI=1S/C8H14BrNO/c1-10(2)6-3-4-8(11)7(9)5-6/h6-7H,3-5H2,1-2H3. The molecule has 0 spiro atoms. The molecule has 1 aliphatic carbocycles. The zero-order valence-electron chi connectivity index (χ0n) is 7.01. The Morgan fingerprint density at radius 1 is 1.55 bits per heavy atom. The van der Waals surface area contributed by atoms with E-state index in [4.69, 9.17) is 0 Å². The molecule has 1 aliphatic rings. The fourth-order valence-corrected chi connectivity index (χ4v) is 2.08. The van der Waals surface area contributed by atoms with Gasteiger partial charge in [0.1, 0.15) is 5.78 Å². The van der Waals surface area contributed by atoms with Gasteiger partial charge in [-0.05, 0) is 26.9 Å². The molecule has 2 atom stereocenters. The minimum atomic E-state index is 0.101. The molecular formula is C8H14BrNO. The molecule has 0 heterocycles. The Morgan fingerprint density at radius 2 is 2.18 bits per heavy atom. The zero-order valence-corrected chi connectivity index (χ0v) is 8.60. The Kier molecular flexibility index (Phi) is 3.07. The van der Waals surface area contributed by atoms with Gasteiger partial charge in [0.25, 0.3) is 0 Å². The summed E-state index contributed by atoms with van der Waals surface area (Å²) in [4.78, 5) is 13.4. The SMILES string of the molecule is CN(C)C1CCC(=O)C(Br)C1. The molecule has 0 amide bonds. The molecular weight excluding hydrogens is 206 g/mol. The third kappa shape index (κ3) is 2.27. The summed E-state index contributed by atoms with van der Waals surface area (Å²) in [5, 5.41) is 0. The summed E-state index contributed by atoms with van der Waals surface area (Å²) >= 11 is 3.39. The van der Waals surface area contributed by atoms with Crippen molar-refractivity contribution < 1.29 is 4.79 Å². The molecule has 0 aromatic carbocycles. The minimum Gasteiger partial charge on any atom is -0.306 e. The fraction of sp³-hybridized carbons (Fsp3) is 0.875. The van der Waals surface area contributed by atoms with Crippen molar-refractivity contribution in [1.82, 2.24) is 4.90 Å². The largest absolute Gasteiger partial charge is 0.306 e. The van der Waals surface area contributed by atoms with Crippen molar-refractivity contribution in [2.75, 3.05) is 14.1 Å². The number of carbonyl (C=O) groups excluding carboxylic acids is 1. The fourth-order valence-electron chi connectivity index (χ4n) is 1.42. The molecule has 2 nitrogen and oxygen atoms in total. The number of Topliss-reactive ketones (excluding diaryl/α,β-unsaturated/α-hetero) is 1. The summed E-state index contributed by atoms with van der Waals surface area (Å²) in [6.45, 7) is 0. The Hall–Kier alpha value is 0.110. The van der Waals surface area contributed by atoms with Crippen molar-refractivity contribution in [2.24, 2.45) is 0 Å². The molecule has 0 aromatic heterocycles. The zero-order chi connectivity index (χ0) is 8.43. The van der Waals surface area contributed by atoms with Crippen LogP contribution in [0.4, 0.5) is 0 Å². The molecule has 0 N–H and O–H groups in total. The van der Waals surface area contributed by atoms with Gasteiger partial charge in [-0.3, -0.25) is 4.79 Å². The molecule has 0 aromatic rings. The summed E-state index contributed by atoms with van der Waals surface area (Å²) in [7, 11) is 4.14. The van der Waals surface area contributed by atoms with Crippen LogP contribution in [0.3, 0.4) is 0 Å². The van der Waals surface area contributed by atoms with E-state index >= 15 is 0 Å². The number of rotatable bonds is 1. The predicted octanol–water partition coefficient (Wildman–Crippen LogP) is 1.43. The lowest BCUT2D eigenvalue weighted by Crippen LogP contribution is -2.37. The Morgan fingerprint density at radius 3 is 2.64 bits per heavy atom.